The monoisotopic (exact) mass is 482 g/mol. The van der Waals surface area contributed by atoms with Crippen LogP contribution in [0.25, 0.3) is 0 Å². The maximum atomic E-state index is 11.2. The zero-order valence-corrected chi connectivity index (χ0v) is 20.8. The van der Waals surface area contributed by atoms with Gasteiger partial charge >= 0.3 is 0 Å². The van der Waals surface area contributed by atoms with Gasteiger partial charge in [0.15, 0.2) is 11.5 Å². The largest absolute Gasteiger partial charge is 0.493 e. The van der Waals surface area contributed by atoms with Crippen molar-refractivity contribution in [1.82, 2.24) is 4.72 Å². The lowest BCUT2D eigenvalue weighted by Crippen LogP contribution is -2.44. The molecular formula is C21H39ClN2O6S. The second-order valence-corrected chi connectivity index (χ2v) is 9.81. The first kappa shape index (κ1) is 29.9. The fourth-order valence-electron chi connectivity index (χ4n) is 3.14. The SMILES string of the molecule is COCCCOc1cc(C[C@@H](C[C@H](N)[C@@H](O)CNS(C)(=O)=O)C(C)C)ccc1OC.Cl. The molecule has 1 aromatic rings. The Bertz CT molecular complexity index is 733. The number of nitrogens with one attached hydrogen (secondary N) is 1. The van der Waals surface area contributed by atoms with Crippen molar-refractivity contribution >= 4 is 22.4 Å². The van der Waals surface area contributed by atoms with Gasteiger partial charge < -0.3 is 25.1 Å². The van der Waals surface area contributed by atoms with Crippen molar-refractivity contribution in [1.29, 1.82) is 0 Å². The molecule has 3 atom stereocenters. The summed E-state index contributed by atoms with van der Waals surface area (Å²) < 4.78 is 41.1. The third-order valence-electron chi connectivity index (χ3n) is 5.04. The van der Waals surface area contributed by atoms with E-state index in [2.05, 4.69) is 18.6 Å². The summed E-state index contributed by atoms with van der Waals surface area (Å²) in [6, 6.07) is 5.34. The fraction of sp³-hybridized carbons (Fsp3) is 0.714. The minimum Gasteiger partial charge on any atom is -0.493 e. The molecule has 0 bridgehead atoms. The van der Waals surface area contributed by atoms with Crippen LogP contribution in [0.3, 0.4) is 0 Å². The smallest absolute Gasteiger partial charge is 0.208 e. The van der Waals surface area contributed by atoms with Crippen LogP contribution in [-0.2, 0) is 21.2 Å². The number of hydrogen-bond donors (Lipinski definition) is 3. The molecule has 182 valence electrons. The normalized spacial score (nSPS) is 14.6. The summed E-state index contributed by atoms with van der Waals surface area (Å²) in [7, 11) is -0.0993. The van der Waals surface area contributed by atoms with Gasteiger partial charge in [0.2, 0.25) is 10.0 Å². The number of halogens is 1. The molecule has 10 heteroatoms. The molecule has 0 amide bonds. The molecule has 1 rings (SSSR count). The number of methoxy groups -OCH3 is 2. The highest BCUT2D eigenvalue weighted by Gasteiger charge is 2.23. The summed E-state index contributed by atoms with van der Waals surface area (Å²) in [5.41, 5.74) is 7.26. The molecule has 1 aromatic carbocycles. The van der Waals surface area contributed by atoms with Crippen LogP contribution in [0.5, 0.6) is 11.5 Å². The molecule has 0 heterocycles. The first-order valence-corrected chi connectivity index (χ1v) is 12.1. The predicted molar refractivity (Wildman–Crippen MR) is 126 cm³/mol. The number of benzene rings is 1. The molecular weight excluding hydrogens is 444 g/mol. The van der Waals surface area contributed by atoms with E-state index in [1.165, 1.54) is 0 Å². The minimum absolute atomic E-state index is 0. The van der Waals surface area contributed by atoms with Crippen molar-refractivity contribution in [2.45, 2.75) is 45.3 Å². The molecule has 0 aliphatic rings. The van der Waals surface area contributed by atoms with E-state index in [9.17, 15) is 13.5 Å². The van der Waals surface area contributed by atoms with Crippen LogP contribution < -0.4 is 19.9 Å². The van der Waals surface area contributed by atoms with Gasteiger partial charge in [0.1, 0.15) is 0 Å². The maximum Gasteiger partial charge on any atom is 0.208 e. The van der Waals surface area contributed by atoms with E-state index in [1.807, 2.05) is 18.2 Å². The summed E-state index contributed by atoms with van der Waals surface area (Å²) in [4.78, 5) is 0. The summed E-state index contributed by atoms with van der Waals surface area (Å²) >= 11 is 0. The maximum absolute atomic E-state index is 11.2. The van der Waals surface area contributed by atoms with Gasteiger partial charge in [0, 0.05) is 32.7 Å². The van der Waals surface area contributed by atoms with Crippen LogP contribution in [0.15, 0.2) is 18.2 Å². The van der Waals surface area contributed by atoms with Crippen molar-refractivity contribution < 1.29 is 27.7 Å². The third kappa shape index (κ3) is 11.9. The van der Waals surface area contributed by atoms with Crippen molar-refractivity contribution in [2.75, 3.05) is 40.2 Å². The summed E-state index contributed by atoms with van der Waals surface area (Å²) in [5.74, 6) is 1.91. The molecule has 0 saturated heterocycles. The topological polar surface area (TPSA) is 120 Å². The number of ether oxygens (including phenoxy) is 3. The number of hydrogen-bond acceptors (Lipinski definition) is 7. The molecule has 0 saturated carbocycles. The molecule has 0 radical (unpaired) electrons. The Morgan fingerprint density at radius 2 is 1.84 bits per heavy atom. The lowest BCUT2D eigenvalue weighted by atomic mass is 9.83. The molecule has 0 aromatic heterocycles. The van der Waals surface area contributed by atoms with Crippen LogP contribution >= 0.6 is 12.4 Å². The highest BCUT2D eigenvalue weighted by atomic mass is 35.5. The van der Waals surface area contributed by atoms with E-state index in [-0.39, 0.29) is 24.9 Å². The molecule has 31 heavy (non-hydrogen) atoms. The van der Waals surface area contributed by atoms with Gasteiger partial charge in [-0.25, -0.2) is 13.1 Å². The average molecular weight is 483 g/mol. The first-order valence-electron chi connectivity index (χ1n) is 10.2. The number of aliphatic hydroxyl groups is 1. The highest BCUT2D eigenvalue weighted by Crippen LogP contribution is 2.31. The Hall–Kier alpha value is -1.10. The second-order valence-electron chi connectivity index (χ2n) is 7.98. The van der Waals surface area contributed by atoms with E-state index in [1.54, 1.807) is 14.2 Å². The summed E-state index contributed by atoms with van der Waals surface area (Å²) in [6.07, 6.45) is 2.22. The van der Waals surface area contributed by atoms with Crippen LogP contribution in [0.1, 0.15) is 32.3 Å². The number of nitrogens with two attached hydrogens (primary N) is 1. The molecule has 0 spiro atoms. The Morgan fingerprint density at radius 3 is 2.39 bits per heavy atom. The van der Waals surface area contributed by atoms with Crippen molar-refractivity contribution in [3.63, 3.8) is 0 Å². The molecule has 8 nitrogen and oxygen atoms in total. The summed E-state index contributed by atoms with van der Waals surface area (Å²) in [5, 5.41) is 10.2. The number of sulfonamides is 1. The lowest BCUT2D eigenvalue weighted by Gasteiger charge is -2.27. The Kier molecular flexibility index (Phi) is 14.3. The molecule has 0 unspecified atom stereocenters. The van der Waals surface area contributed by atoms with E-state index >= 15 is 0 Å². The minimum atomic E-state index is -3.37. The van der Waals surface area contributed by atoms with Crippen LogP contribution in [0, 0.1) is 11.8 Å². The van der Waals surface area contributed by atoms with E-state index in [0.29, 0.717) is 37.1 Å². The standard InChI is InChI=1S/C21H38N2O6S.ClH/c1-15(2)17(13-18(22)19(24)14-23-30(5,25)26)11-16-7-8-20(28-4)21(12-16)29-10-6-9-27-3;/h7-8,12,15,17-19,23-24H,6,9-11,13-14,22H2,1-5H3;1H/t17-,18-,19-;/m0./s1. The van der Waals surface area contributed by atoms with Crippen molar-refractivity contribution in [3.05, 3.63) is 23.8 Å². The van der Waals surface area contributed by atoms with E-state index in [0.717, 1.165) is 24.7 Å². The molecule has 0 fully saturated rings. The van der Waals surface area contributed by atoms with Gasteiger partial charge in [-0.05, 0) is 42.4 Å². The summed E-state index contributed by atoms with van der Waals surface area (Å²) in [6.45, 7) is 5.30. The molecule has 0 aliphatic heterocycles. The molecule has 0 aliphatic carbocycles. The number of rotatable bonds is 15. The van der Waals surface area contributed by atoms with Gasteiger partial charge in [0.25, 0.3) is 0 Å². The Labute approximate surface area is 193 Å². The zero-order valence-electron chi connectivity index (χ0n) is 19.2. The lowest BCUT2D eigenvalue weighted by molar-refractivity contribution is 0.129. The van der Waals surface area contributed by atoms with Crippen LogP contribution in [0.2, 0.25) is 0 Å². The quantitative estimate of drug-likeness (QED) is 0.327. The van der Waals surface area contributed by atoms with Gasteiger partial charge in [-0.1, -0.05) is 19.9 Å². The van der Waals surface area contributed by atoms with Crippen LogP contribution in [-0.4, -0.2) is 65.9 Å². The zero-order chi connectivity index (χ0) is 22.7. The third-order valence-corrected chi connectivity index (χ3v) is 5.73. The fourth-order valence-corrected chi connectivity index (χ4v) is 3.61. The first-order chi connectivity index (χ1) is 14.1. The predicted octanol–water partition coefficient (Wildman–Crippen LogP) is 1.97. The van der Waals surface area contributed by atoms with E-state index < -0.39 is 22.2 Å². The molecule has 4 N–H and O–H groups in total. The number of aliphatic hydroxyl groups excluding tert-OH is 1. The van der Waals surface area contributed by atoms with E-state index in [4.69, 9.17) is 19.9 Å². The van der Waals surface area contributed by atoms with Crippen LogP contribution in [0.4, 0.5) is 0 Å². The van der Waals surface area contributed by atoms with Gasteiger partial charge in [-0.3, -0.25) is 0 Å². The highest BCUT2D eigenvalue weighted by molar-refractivity contribution is 7.88. The second kappa shape index (κ2) is 14.9. The van der Waals surface area contributed by atoms with Crippen molar-refractivity contribution in [2.24, 2.45) is 17.6 Å². The van der Waals surface area contributed by atoms with Gasteiger partial charge in [0.05, 0.1) is 26.1 Å². The average Bonchev–Trinajstić information content (AvgIpc) is 2.68. The van der Waals surface area contributed by atoms with Crippen molar-refractivity contribution in [3.8, 4) is 11.5 Å². The Balaban J connectivity index is 0.00000900. The Morgan fingerprint density at radius 1 is 1.16 bits per heavy atom. The van der Waals surface area contributed by atoms with Gasteiger partial charge in [-0.15, -0.1) is 12.4 Å². The van der Waals surface area contributed by atoms with Gasteiger partial charge in [-0.2, -0.15) is 0 Å².